The van der Waals surface area contributed by atoms with Crippen LogP contribution in [0.4, 0.5) is 17.6 Å². The molecule has 0 bridgehead atoms. The smallest absolute Gasteiger partial charge is 0.245 e. The van der Waals surface area contributed by atoms with E-state index in [0.717, 1.165) is 17.6 Å². The van der Waals surface area contributed by atoms with Gasteiger partial charge in [-0.25, -0.2) is 4.52 Å². The molecule has 3 aromatic heterocycles. The topological polar surface area (TPSA) is 94.5 Å². The monoisotopic (exact) mass is 396 g/mol. The number of anilines is 3. The second kappa shape index (κ2) is 7.38. The van der Waals surface area contributed by atoms with E-state index in [1.165, 1.54) is 0 Å². The molecule has 0 spiro atoms. The first-order valence-electron chi connectivity index (χ1n) is 10.1. The molecule has 1 saturated heterocycles. The van der Waals surface area contributed by atoms with E-state index in [4.69, 9.17) is 4.98 Å². The Labute approximate surface area is 170 Å². The third kappa shape index (κ3) is 3.76. The van der Waals surface area contributed by atoms with Crippen molar-refractivity contribution in [3.8, 4) is 0 Å². The fourth-order valence-electron chi connectivity index (χ4n) is 3.44. The van der Waals surface area contributed by atoms with Crippen LogP contribution in [0.1, 0.15) is 32.9 Å². The molecule has 0 unspecified atom stereocenters. The van der Waals surface area contributed by atoms with Gasteiger partial charge in [0.25, 0.3) is 0 Å². The largest absolute Gasteiger partial charge is 0.339 e. The Kier molecular flexibility index (Phi) is 4.89. The molecule has 1 amide bonds. The number of hydrogen-bond acceptors (Lipinski definition) is 6. The number of amides is 1. The van der Waals surface area contributed by atoms with Gasteiger partial charge < -0.3 is 15.1 Å². The normalized spacial score (nSPS) is 15.2. The van der Waals surface area contributed by atoms with Crippen LogP contribution in [0.5, 0.6) is 0 Å². The standard InChI is InChI=1S/C20H28N8O/c1-5-20(3,4)18(29)26-9-11-27(12-10-26)19-22-17(15-7-6-8-28(15)25-19)21-16-13-14(2)23-24-16/h6-8,13H,5,9-12H2,1-4H3,(H2,21,22,23,24,25). The van der Waals surface area contributed by atoms with Crippen LogP contribution in [-0.4, -0.2) is 61.8 Å². The van der Waals surface area contributed by atoms with Crippen LogP contribution in [0.25, 0.3) is 5.52 Å². The van der Waals surface area contributed by atoms with Crippen LogP contribution in [0.3, 0.4) is 0 Å². The van der Waals surface area contributed by atoms with Gasteiger partial charge in [-0.05, 0) is 25.5 Å². The molecule has 1 aliphatic rings. The molecule has 1 aliphatic heterocycles. The third-order valence-electron chi connectivity index (χ3n) is 5.64. The van der Waals surface area contributed by atoms with Crippen LogP contribution < -0.4 is 10.2 Å². The van der Waals surface area contributed by atoms with E-state index in [2.05, 4.69) is 32.4 Å². The van der Waals surface area contributed by atoms with Gasteiger partial charge in [-0.15, -0.1) is 5.10 Å². The zero-order valence-electron chi connectivity index (χ0n) is 17.4. The van der Waals surface area contributed by atoms with Crippen molar-refractivity contribution in [1.29, 1.82) is 0 Å². The number of aromatic amines is 1. The highest BCUT2D eigenvalue weighted by atomic mass is 16.2. The summed E-state index contributed by atoms with van der Waals surface area (Å²) < 4.78 is 1.82. The fourth-order valence-corrected chi connectivity index (χ4v) is 3.44. The molecule has 9 nitrogen and oxygen atoms in total. The summed E-state index contributed by atoms with van der Waals surface area (Å²) in [5, 5.41) is 15.1. The average Bonchev–Trinajstić information content (AvgIpc) is 3.36. The molecule has 9 heteroatoms. The molecule has 2 N–H and O–H groups in total. The molecule has 1 fully saturated rings. The van der Waals surface area contributed by atoms with Gasteiger partial charge in [-0.3, -0.25) is 9.89 Å². The summed E-state index contributed by atoms with van der Waals surface area (Å²) in [6.07, 6.45) is 2.74. The maximum Gasteiger partial charge on any atom is 0.245 e. The second-order valence-electron chi connectivity index (χ2n) is 8.18. The Morgan fingerprint density at radius 3 is 2.69 bits per heavy atom. The Morgan fingerprint density at radius 2 is 2.03 bits per heavy atom. The molecule has 0 saturated carbocycles. The van der Waals surface area contributed by atoms with Crippen LogP contribution in [0.15, 0.2) is 24.4 Å². The number of piperazine rings is 1. The van der Waals surface area contributed by atoms with Gasteiger partial charge in [0.2, 0.25) is 11.9 Å². The summed E-state index contributed by atoms with van der Waals surface area (Å²) in [4.78, 5) is 21.6. The van der Waals surface area contributed by atoms with E-state index >= 15 is 0 Å². The van der Waals surface area contributed by atoms with Crippen molar-refractivity contribution < 1.29 is 4.79 Å². The SMILES string of the molecule is CCC(C)(C)C(=O)N1CCN(c2nc(Nc3cc(C)[nH]n3)c3cccn3n2)CC1. The summed E-state index contributed by atoms with van der Waals surface area (Å²) >= 11 is 0. The van der Waals surface area contributed by atoms with E-state index in [1.807, 2.05) is 54.6 Å². The van der Waals surface area contributed by atoms with E-state index in [-0.39, 0.29) is 11.3 Å². The Bertz CT molecular complexity index is 1010. The maximum atomic E-state index is 12.7. The highest BCUT2D eigenvalue weighted by molar-refractivity contribution is 5.82. The summed E-state index contributed by atoms with van der Waals surface area (Å²) in [5.74, 6) is 2.28. The van der Waals surface area contributed by atoms with Gasteiger partial charge in [0.05, 0.1) is 0 Å². The lowest BCUT2D eigenvalue weighted by Crippen LogP contribution is -2.52. The minimum absolute atomic E-state index is 0.220. The van der Waals surface area contributed by atoms with Crippen molar-refractivity contribution >= 4 is 29.0 Å². The molecular weight excluding hydrogens is 368 g/mol. The lowest BCUT2D eigenvalue weighted by atomic mass is 9.88. The van der Waals surface area contributed by atoms with Gasteiger partial charge in [-0.2, -0.15) is 10.1 Å². The van der Waals surface area contributed by atoms with Crippen molar-refractivity contribution in [2.24, 2.45) is 5.41 Å². The Hall–Kier alpha value is -3.10. The molecule has 4 heterocycles. The van der Waals surface area contributed by atoms with Crippen molar-refractivity contribution in [3.05, 3.63) is 30.1 Å². The first-order valence-corrected chi connectivity index (χ1v) is 10.1. The number of aromatic nitrogens is 5. The first-order chi connectivity index (χ1) is 13.9. The lowest BCUT2D eigenvalue weighted by Gasteiger charge is -2.38. The van der Waals surface area contributed by atoms with Crippen molar-refractivity contribution in [2.45, 2.75) is 34.1 Å². The number of rotatable bonds is 5. The lowest BCUT2D eigenvalue weighted by molar-refractivity contribution is -0.140. The van der Waals surface area contributed by atoms with Crippen molar-refractivity contribution in [1.82, 2.24) is 29.7 Å². The number of nitrogens with one attached hydrogen (secondary N) is 2. The van der Waals surface area contributed by atoms with Gasteiger partial charge in [0.1, 0.15) is 5.52 Å². The number of carbonyl (C=O) groups is 1. The van der Waals surface area contributed by atoms with Gasteiger partial charge in [0.15, 0.2) is 11.6 Å². The predicted octanol–water partition coefficient (Wildman–Crippen LogP) is 2.59. The molecule has 4 rings (SSSR count). The molecule has 0 radical (unpaired) electrons. The summed E-state index contributed by atoms with van der Waals surface area (Å²) in [5.41, 5.74) is 1.54. The highest BCUT2D eigenvalue weighted by Crippen LogP contribution is 2.25. The average molecular weight is 396 g/mol. The number of carbonyl (C=O) groups excluding carboxylic acids is 1. The van der Waals surface area contributed by atoms with Crippen LogP contribution in [0, 0.1) is 12.3 Å². The van der Waals surface area contributed by atoms with E-state index in [1.54, 1.807) is 0 Å². The number of hydrogen-bond donors (Lipinski definition) is 2. The molecule has 0 aliphatic carbocycles. The second-order valence-corrected chi connectivity index (χ2v) is 8.18. The highest BCUT2D eigenvalue weighted by Gasteiger charge is 2.32. The van der Waals surface area contributed by atoms with Gasteiger partial charge >= 0.3 is 0 Å². The minimum Gasteiger partial charge on any atom is -0.339 e. The Morgan fingerprint density at radius 1 is 1.28 bits per heavy atom. The molecule has 0 atom stereocenters. The van der Waals surface area contributed by atoms with Gasteiger partial charge in [-0.1, -0.05) is 20.8 Å². The molecule has 154 valence electrons. The summed E-state index contributed by atoms with van der Waals surface area (Å²) in [7, 11) is 0. The van der Waals surface area contributed by atoms with Crippen molar-refractivity contribution in [2.75, 3.05) is 36.4 Å². The van der Waals surface area contributed by atoms with Crippen LogP contribution in [-0.2, 0) is 4.79 Å². The molecular formula is C20H28N8O. The van der Waals surface area contributed by atoms with Crippen molar-refractivity contribution in [3.63, 3.8) is 0 Å². The third-order valence-corrected chi connectivity index (χ3v) is 5.64. The van der Waals surface area contributed by atoms with E-state index in [0.29, 0.717) is 43.8 Å². The van der Waals surface area contributed by atoms with E-state index in [9.17, 15) is 4.79 Å². The van der Waals surface area contributed by atoms with Gasteiger partial charge in [0, 0.05) is 49.6 Å². The van der Waals surface area contributed by atoms with Crippen LogP contribution in [0.2, 0.25) is 0 Å². The molecule has 29 heavy (non-hydrogen) atoms. The fraction of sp³-hybridized carbons (Fsp3) is 0.500. The maximum absolute atomic E-state index is 12.7. The number of aryl methyl sites for hydroxylation is 1. The number of H-pyrrole nitrogens is 1. The minimum atomic E-state index is -0.318. The van der Waals surface area contributed by atoms with E-state index < -0.39 is 0 Å². The molecule has 0 aromatic carbocycles. The zero-order valence-corrected chi connectivity index (χ0v) is 17.4. The number of fused-ring (bicyclic) bond motifs is 1. The number of nitrogens with zero attached hydrogens (tertiary/aromatic N) is 6. The first kappa shape index (κ1) is 19.2. The zero-order chi connectivity index (χ0) is 20.6. The van der Waals surface area contributed by atoms with Crippen LogP contribution >= 0.6 is 0 Å². The Balaban J connectivity index is 1.54. The quantitative estimate of drug-likeness (QED) is 0.688. The summed E-state index contributed by atoms with van der Waals surface area (Å²) in [6.45, 7) is 10.8. The predicted molar refractivity (Wildman–Crippen MR) is 112 cm³/mol. The molecule has 3 aromatic rings. The summed E-state index contributed by atoms with van der Waals surface area (Å²) in [6, 6.07) is 5.84.